The van der Waals surface area contributed by atoms with E-state index in [2.05, 4.69) is 4.99 Å². The van der Waals surface area contributed by atoms with Crippen molar-refractivity contribution in [2.24, 2.45) is 4.99 Å². The Hall–Kier alpha value is -1.26. The molecule has 0 saturated carbocycles. The van der Waals surface area contributed by atoms with Crippen LogP contribution in [0.5, 0.6) is 0 Å². The van der Waals surface area contributed by atoms with Crippen LogP contribution in [0.15, 0.2) is 4.99 Å². The van der Waals surface area contributed by atoms with Gasteiger partial charge in [0, 0.05) is 38.9 Å². The van der Waals surface area contributed by atoms with E-state index < -0.39 is 5.60 Å². The zero-order valence-electron chi connectivity index (χ0n) is 13.2. The highest BCUT2D eigenvalue weighted by atomic mass is 16.6. The second-order valence-electron chi connectivity index (χ2n) is 6.73. The molecule has 2 bridgehead atoms. The first-order valence-corrected chi connectivity index (χ1v) is 7.41. The van der Waals surface area contributed by atoms with Crippen LogP contribution < -0.4 is 0 Å². The first kappa shape index (κ1) is 15.1. The molecule has 1 amide bonds. The first-order valence-electron chi connectivity index (χ1n) is 7.41. The summed E-state index contributed by atoms with van der Waals surface area (Å²) in [6.07, 6.45) is 3.85. The Morgan fingerprint density at radius 2 is 1.75 bits per heavy atom. The molecule has 2 aliphatic rings. The smallest absolute Gasteiger partial charge is 0.410 e. The standard InChI is InChI=1S/C15H26N2O3/c1-10(16-5)19-13-8-11-6-7-12(9-13)17(11)14(18)20-15(2,3)4/h11-13H,6-9H2,1-5H3. The summed E-state index contributed by atoms with van der Waals surface area (Å²) in [5.74, 6) is 0.722. The topological polar surface area (TPSA) is 51.1 Å². The molecule has 0 aromatic carbocycles. The minimum atomic E-state index is -0.435. The van der Waals surface area contributed by atoms with Crippen LogP contribution >= 0.6 is 0 Å². The number of carbonyl (C=O) groups excluding carboxylic acids is 1. The number of rotatable bonds is 1. The van der Waals surface area contributed by atoms with E-state index in [1.54, 1.807) is 7.05 Å². The van der Waals surface area contributed by atoms with Crippen molar-refractivity contribution in [1.29, 1.82) is 0 Å². The molecule has 2 rings (SSSR count). The van der Waals surface area contributed by atoms with Gasteiger partial charge >= 0.3 is 6.09 Å². The van der Waals surface area contributed by atoms with Crippen LogP contribution in [0, 0.1) is 0 Å². The monoisotopic (exact) mass is 282 g/mol. The van der Waals surface area contributed by atoms with Crippen LogP contribution in [0.25, 0.3) is 0 Å². The van der Waals surface area contributed by atoms with Crippen LogP contribution in [0.4, 0.5) is 4.79 Å². The van der Waals surface area contributed by atoms with Crippen molar-refractivity contribution in [3.63, 3.8) is 0 Å². The van der Waals surface area contributed by atoms with E-state index in [0.29, 0.717) is 0 Å². The molecule has 2 heterocycles. The molecule has 5 nitrogen and oxygen atoms in total. The predicted octanol–water partition coefficient (Wildman–Crippen LogP) is 2.98. The van der Waals surface area contributed by atoms with Crippen molar-refractivity contribution in [1.82, 2.24) is 4.90 Å². The molecular formula is C15H26N2O3. The van der Waals surface area contributed by atoms with Crippen LogP contribution in [0.2, 0.25) is 0 Å². The Labute approximate surface area is 121 Å². The molecule has 0 aromatic rings. The second kappa shape index (κ2) is 5.62. The fourth-order valence-electron chi connectivity index (χ4n) is 3.13. The van der Waals surface area contributed by atoms with E-state index in [1.165, 1.54) is 0 Å². The van der Waals surface area contributed by atoms with Gasteiger partial charge < -0.3 is 14.4 Å². The highest BCUT2D eigenvalue weighted by Crippen LogP contribution is 2.37. The van der Waals surface area contributed by atoms with E-state index in [4.69, 9.17) is 9.47 Å². The lowest BCUT2D eigenvalue weighted by Crippen LogP contribution is -2.50. The first-order chi connectivity index (χ1) is 9.30. The third-order valence-electron chi connectivity index (χ3n) is 3.95. The number of hydrogen-bond donors (Lipinski definition) is 0. The summed E-state index contributed by atoms with van der Waals surface area (Å²) in [5, 5.41) is 0. The molecule has 0 aliphatic carbocycles. The largest absolute Gasteiger partial charge is 0.478 e. The summed E-state index contributed by atoms with van der Waals surface area (Å²) in [6.45, 7) is 7.60. The van der Waals surface area contributed by atoms with E-state index >= 15 is 0 Å². The molecule has 5 heteroatoms. The Balaban J connectivity index is 1.98. The Morgan fingerprint density at radius 1 is 1.20 bits per heavy atom. The molecule has 2 unspecified atom stereocenters. The van der Waals surface area contributed by atoms with Crippen molar-refractivity contribution < 1.29 is 14.3 Å². The normalized spacial score (nSPS) is 30.4. The summed E-state index contributed by atoms with van der Waals surface area (Å²) in [5.41, 5.74) is -0.435. The van der Waals surface area contributed by atoms with E-state index in [0.717, 1.165) is 31.6 Å². The third kappa shape index (κ3) is 3.44. The maximum absolute atomic E-state index is 12.3. The van der Waals surface area contributed by atoms with Crippen molar-refractivity contribution in [3.8, 4) is 0 Å². The molecular weight excluding hydrogens is 256 g/mol. The predicted molar refractivity (Wildman–Crippen MR) is 78.0 cm³/mol. The van der Waals surface area contributed by atoms with E-state index in [9.17, 15) is 4.79 Å². The average molecular weight is 282 g/mol. The number of hydrogen-bond acceptors (Lipinski definition) is 4. The van der Waals surface area contributed by atoms with Gasteiger partial charge in [0.05, 0.1) is 0 Å². The summed E-state index contributed by atoms with van der Waals surface area (Å²) in [7, 11) is 1.74. The van der Waals surface area contributed by atoms with E-state index in [1.807, 2.05) is 32.6 Å². The van der Waals surface area contributed by atoms with Crippen molar-refractivity contribution >= 4 is 12.0 Å². The second-order valence-corrected chi connectivity index (χ2v) is 6.73. The molecule has 2 saturated heterocycles. The molecule has 20 heavy (non-hydrogen) atoms. The zero-order valence-corrected chi connectivity index (χ0v) is 13.2. The Bertz CT molecular complexity index is 386. The SMILES string of the molecule is CN=C(C)OC1CC2CCC(C1)N2C(=O)OC(C)(C)C. The lowest BCUT2D eigenvalue weighted by atomic mass is 10.0. The minimum absolute atomic E-state index is 0.176. The maximum Gasteiger partial charge on any atom is 0.410 e. The van der Waals surface area contributed by atoms with Crippen LogP contribution in [-0.2, 0) is 9.47 Å². The number of amides is 1. The van der Waals surface area contributed by atoms with Gasteiger partial charge in [-0.2, -0.15) is 0 Å². The van der Waals surface area contributed by atoms with Crippen molar-refractivity contribution in [2.75, 3.05) is 7.05 Å². The summed E-state index contributed by atoms with van der Waals surface area (Å²) in [6, 6.07) is 0.497. The number of aliphatic imine (C=N–C) groups is 1. The molecule has 114 valence electrons. The van der Waals surface area contributed by atoms with Gasteiger partial charge in [-0.1, -0.05) is 0 Å². The van der Waals surface area contributed by atoms with Crippen LogP contribution in [0.1, 0.15) is 53.4 Å². The number of ether oxygens (including phenoxy) is 2. The van der Waals surface area contributed by atoms with Crippen LogP contribution in [-0.4, -0.2) is 47.7 Å². The fourth-order valence-corrected chi connectivity index (χ4v) is 3.13. The van der Waals surface area contributed by atoms with Gasteiger partial charge in [0.1, 0.15) is 11.7 Å². The molecule has 2 aliphatic heterocycles. The van der Waals surface area contributed by atoms with Gasteiger partial charge in [-0.25, -0.2) is 4.79 Å². The van der Waals surface area contributed by atoms with Gasteiger partial charge in [-0.05, 0) is 33.6 Å². The maximum atomic E-state index is 12.3. The van der Waals surface area contributed by atoms with Gasteiger partial charge in [-0.3, -0.25) is 4.99 Å². The number of carbonyl (C=O) groups is 1. The summed E-state index contributed by atoms with van der Waals surface area (Å²) < 4.78 is 11.3. The van der Waals surface area contributed by atoms with Gasteiger partial charge in [-0.15, -0.1) is 0 Å². The summed E-state index contributed by atoms with van der Waals surface area (Å²) >= 11 is 0. The fraction of sp³-hybridized carbons (Fsp3) is 0.867. The van der Waals surface area contributed by atoms with Gasteiger partial charge in [0.2, 0.25) is 0 Å². The highest BCUT2D eigenvalue weighted by Gasteiger charge is 2.45. The molecule has 0 N–H and O–H groups in total. The minimum Gasteiger partial charge on any atom is -0.478 e. The lowest BCUT2D eigenvalue weighted by molar-refractivity contribution is -0.00887. The number of piperidine rings is 1. The van der Waals surface area contributed by atoms with Gasteiger partial charge in [0.15, 0.2) is 5.90 Å². The van der Waals surface area contributed by atoms with Crippen molar-refractivity contribution in [2.45, 2.75) is 77.2 Å². The van der Waals surface area contributed by atoms with Gasteiger partial charge in [0.25, 0.3) is 0 Å². The third-order valence-corrected chi connectivity index (χ3v) is 3.95. The number of fused-ring (bicyclic) bond motifs is 2. The molecule has 0 spiro atoms. The molecule has 0 aromatic heterocycles. The van der Waals surface area contributed by atoms with Crippen molar-refractivity contribution in [3.05, 3.63) is 0 Å². The highest BCUT2D eigenvalue weighted by molar-refractivity contribution is 5.73. The quantitative estimate of drug-likeness (QED) is 0.549. The Morgan fingerprint density at radius 3 is 2.20 bits per heavy atom. The van der Waals surface area contributed by atoms with Crippen LogP contribution in [0.3, 0.4) is 0 Å². The molecule has 2 fully saturated rings. The molecule has 0 radical (unpaired) electrons. The lowest BCUT2D eigenvalue weighted by Gasteiger charge is -2.39. The average Bonchev–Trinajstić information content (AvgIpc) is 2.59. The Kier molecular flexibility index (Phi) is 4.25. The number of nitrogens with zero attached hydrogens (tertiary/aromatic N) is 2. The molecule has 2 atom stereocenters. The zero-order chi connectivity index (χ0) is 14.9. The summed E-state index contributed by atoms with van der Waals surface area (Å²) in [4.78, 5) is 18.3. The van der Waals surface area contributed by atoms with E-state index in [-0.39, 0.29) is 24.3 Å².